The lowest BCUT2D eigenvalue weighted by molar-refractivity contribution is -0.126. The smallest absolute Gasteiger partial charge is 0.223 e. The third kappa shape index (κ3) is 3.83. The molecule has 4 heteroatoms. The van der Waals surface area contributed by atoms with Crippen LogP contribution in [0.1, 0.15) is 36.8 Å². The fraction of sp³-hybridized carbons (Fsp3) is 0.529. The molecule has 0 bridgehead atoms. The molecule has 1 N–H and O–H groups in total. The van der Waals surface area contributed by atoms with Gasteiger partial charge >= 0.3 is 0 Å². The normalized spacial score (nSPS) is 20.0. The Balaban J connectivity index is 1.46. The number of carbonyl (C=O) groups excluding carboxylic acids is 1. The molecule has 1 aliphatic carbocycles. The average Bonchev–Trinajstić information content (AvgIpc) is 3.33. The molecule has 1 aliphatic heterocycles. The summed E-state index contributed by atoms with van der Waals surface area (Å²) < 4.78 is 0. The zero-order valence-electron chi connectivity index (χ0n) is 12.2. The molecule has 4 nitrogen and oxygen atoms in total. The van der Waals surface area contributed by atoms with Gasteiger partial charge in [-0.1, -0.05) is 12.1 Å². The number of nitrogens with zero attached hydrogens (tertiary/aromatic N) is 2. The summed E-state index contributed by atoms with van der Waals surface area (Å²) in [6.07, 6.45) is 4.22. The van der Waals surface area contributed by atoms with E-state index in [4.69, 9.17) is 5.26 Å². The number of rotatable bonds is 4. The van der Waals surface area contributed by atoms with Crippen LogP contribution in [0.25, 0.3) is 0 Å². The predicted octanol–water partition coefficient (Wildman–Crippen LogP) is 2.05. The van der Waals surface area contributed by atoms with E-state index in [1.165, 1.54) is 5.56 Å². The van der Waals surface area contributed by atoms with Gasteiger partial charge in [0.25, 0.3) is 0 Å². The van der Waals surface area contributed by atoms with Gasteiger partial charge in [-0.2, -0.15) is 5.26 Å². The zero-order chi connectivity index (χ0) is 14.7. The van der Waals surface area contributed by atoms with Crippen LogP contribution in [0.15, 0.2) is 24.3 Å². The molecule has 0 aromatic heterocycles. The number of carbonyl (C=O) groups is 1. The summed E-state index contributed by atoms with van der Waals surface area (Å²) in [6, 6.07) is 10.4. The van der Waals surface area contributed by atoms with E-state index < -0.39 is 0 Å². The summed E-state index contributed by atoms with van der Waals surface area (Å²) in [6.45, 7) is 2.86. The minimum absolute atomic E-state index is 0.197. The highest BCUT2D eigenvalue weighted by Gasteiger charge is 2.29. The lowest BCUT2D eigenvalue weighted by Gasteiger charge is -2.31. The number of piperidine rings is 1. The van der Waals surface area contributed by atoms with Crippen molar-refractivity contribution in [1.82, 2.24) is 10.2 Å². The minimum atomic E-state index is 0.197. The molecule has 3 rings (SSSR count). The largest absolute Gasteiger partial charge is 0.353 e. The second-order valence-electron chi connectivity index (χ2n) is 6.14. The maximum absolute atomic E-state index is 12.0. The summed E-state index contributed by atoms with van der Waals surface area (Å²) in [5, 5.41) is 11.9. The van der Waals surface area contributed by atoms with Crippen molar-refractivity contribution in [3.63, 3.8) is 0 Å². The molecule has 1 aromatic carbocycles. The predicted molar refractivity (Wildman–Crippen MR) is 80.3 cm³/mol. The Labute approximate surface area is 125 Å². The van der Waals surface area contributed by atoms with E-state index >= 15 is 0 Å². The van der Waals surface area contributed by atoms with Crippen molar-refractivity contribution in [3.05, 3.63) is 35.4 Å². The number of benzene rings is 1. The summed E-state index contributed by atoms with van der Waals surface area (Å²) >= 11 is 0. The quantitative estimate of drug-likeness (QED) is 0.920. The number of hydrogen-bond donors (Lipinski definition) is 1. The molecule has 0 atom stereocenters. The van der Waals surface area contributed by atoms with Crippen molar-refractivity contribution in [2.45, 2.75) is 38.3 Å². The van der Waals surface area contributed by atoms with E-state index in [0.29, 0.717) is 11.6 Å². The SMILES string of the molecule is N#Cc1ccc(CN2CCC(C(=O)NC3CC3)CC2)cc1. The van der Waals surface area contributed by atoms with Gasteiger partial charge in [0, 0.05) is 18.5 Å². The third-order valence-corrected chi connectivity index (χ3v) is 4.37. The van der Waals surface area contributed by atoms with Gasteiger partial charge in [0.2, 0.25) is 5.91 Å². The second kappa shape index (κ2) is 6.28. The van der Waals surface area contributed by atoms with Gasteiger partial charge in [0.15, 0.2) is 0 Å². The monoisotopic (exact) mass is 283 g/mol. The molecule has 0 unspecified atom stereocenters. The van der Waals surface area contributed by atoms with Crippen LogP contribution in [-0.2, 0) is 11.3 Å². The number of likely N-dealkylation sites (tertiary alicyclic amines) is 1. The van der Waals surface area contributed by atoms with Crippen LogP contribution in [-0.4, -0.2) is 29.9 Å². The number of amides is 1. The maximum atomic E-state index is 12.0. The van der Waals surface area contributed by atoms with E-state index in [-0.39, 0.29) is 11.8 Å². The Kier molecular flexibility index (Phi) is 4.21. The standard InChI is InChI=1S/C17H21N3O/c18-11-13-1-3-14(4-2-13)12-20-9-7-15(8-10-20)17(21)19-16-5-6-16/h1-4,15-16H,5-10,12H2,(H,19,21). The Morgan fingerprint density at radius 2 is 1.86 bits per heavy atom. The highest BCUT2D eigenvalue weighted by molar-refractivity contribution is 5.79. The molecule has 0 spiro atoms. The molecule has 1 saturated carbocycles. The van der Waals surface area contributed by atoms with Gasteiger partial charge in [0.1, 0.15) is 0 Å². The van der Waals surface area contributed by atoms with Crippen molar-refractivity contribution in [2.75, 3.05) is 13.1 Å². The van der Waals surface area contributed by atoms with Crippen LogP contribution in [0.2, 0.25) is 0 Å². The van der Waals surface area contributed by atoms with E-state index in [9.17, 15) is 4.79 Å². The van der Waals surface area contributed by atoms with E-state index in [2.05, 4.69) is 16.3 Å². The first-order valence-electron chi connectivity index (χ1n) is 7.76. The van der Waals surface area contributed by atoms with Crippen molar-refractivity contribution in [3.8, 4) is 6.07 Å². The summed E-state index contributed by atoms with van der Waals surface area (Å²) in [5.41, 5.74) is 1.93. The van der Waals surface area contributed by atoms with Gasteiger partial charge in [-0.15, -0.1) is 0 Å². The number of hydrogen-bond acceptors (Lipinski definition) is 3. The van der Waals surface area contributed by atoms with E-state index in [1.54, 1.807) is 0 Å². The first kappa shape index (κ1) is 14.1. The molecular formula is C17H21N3O. The maximum Gasteiger partial charge on any atom is 0.223 e. The van der Waals surface area contributed by atoms with Crippen molar-refractivity contribution >= 4 is 5.91 Å². The van der Waals surface area contributed by atoms with Crippen LogP contribution >= 0.6 is 0 Å². The van der Waals surface area contributed by atoms with E-state index in [1.807, 2.05) is 24.3 Å². The second-order valence-corrected chi connectivity index (χ2v) is 6.14. The van der Waals surface area contributed by atoms with Crippen LogP contribution in [0, 0.1) is 17.2 Å². The lowest BCUT2D eigenvalue weighted by atomic mass is 9.95. The Hall–Kier alpha value is -1.86. The first-order valence-corrected chi connectivity index (χ1v) is 7.76. The van der Waals surface area contributed by atoms with Gasteiger partial charge in [0.05, 0.1) is 11.6 Å². The molecule has 1 saturated heterocycles. The Bertz CT molecular complexity index is 534. The van der Waals surface area contributed by atoms with E-state index in [0.717, 1.165) is 45.3 Å². The van der Waals surface area contributed by atoms with Gasteiger partial charge in [-0.3, -0.25) is 9.69 Å². The fourth-order valence-corrected chi connectivity index (χ4v) is 2.84. The topological polar surface area (TPSA) is 56.1 Å². The first-order chi connectivity index (χ1) is 10.2. The van der Waals surface area contributed by atoms with Gasteiger partial charge in [-0.25, -0.2) is 0 Å². The molecule has 1 amide bonds. The van der Waals surface area contributed by atoms with Crippen molar-refractivity contribution in [1.29, 1.82) is 5.26 Å². The molecular weight excluding hydrogens is 262 g/mol. The van der Waals surface area contributed by atoms with Crippen LogP contribution in [0.5, 0.6) is 0 Å². The molecule has 2 fully saturated rings. The van der Waals surface area contributed by atoms with Crippen LogP contribution in [0.3, 0.4) is 0 Å². The average molecular weight is 283 g/mol. The molecule has 1 heterocycles. The fourth-order valence-electron chi connectivity index (χ4n) is 2.84. The van der Waals surface area contributed by atoms with Crippen molar-refractivity contribution in [2.24, 2.45) is 5.92 Å². The van der Waals surface area contributed by atoms with Gasteiger partial charge in [-0.05, 0) is 56.5 Å². The van der Waals surface area contributed by atoms with Gasteiger partial charge < -0.3 is 5.32 Å². The summed E-state index contributed by atoms with van der Waals surface area (Å²) in [4.78, 5) is 14.4. The summed E-state index contributed by atoms with van der Waals surface area (Å²) in [7, 11) is 0. The summed E-state index contributed by atoms with van der Waals surface area (Å²) in [5.74, 6) is 0.457. The number of nitriles is 1. The lowest BCUT2D eigenvalue weighted by Crippen LogP contribution is -2.40. The third-order valence-electron chi connectivity index (χ3n) is 4.37. The number of nitrogens with one attached hydrogen (secondary N) is 1. The van der Waals surface area contributed by atoms with Crippen molar-refractivity contribution < 1.29 is 4.79 Å². The zero-order valence-corrected chi connectivity index (χ0v) is 12.2. The molecule has 1 aromatic rings. The Morgan fingerprint density at radius 1 is 1.19 bits per heavy atom. The molecule has 0 radical (unpaired) electrons. The molecule has 110 valence electrons. The highest BCUT2D eigenvalue weighted by atomic mass is 16.2. The minimum Gasteiger partial charge on any atom is -0.353 e. The highest BCUT2D eigenvalue weighted by Crippen LogP contribution is 2.23. The Morgan fingerprint density at radius 3 is 2.43 bits per heavy atom. The molecule has 21 heavy (non-hydrogen) atoms. The van der Waals surface area contributed by atoms with Crippen LogP contribution < -0.4 is 5.32 Å². The van der Waals surface area contributed by atoms with Crippen LogP contribution in [0.4, 0.5) is 0 Å². The molecule has 2 aliphatic rings.